The van der Waals surface area contributed by atoms with Gasteiger partial charge >= 0.3 is 0 Å². The zero-order valence-electron chi connectivity index (χ0n) is 19.2. The van der Waals surface area contributed by atoms with E-state index >= 15 is 0 Å². The summed E-state index contributed by atoms with van der Waals surface area (Å²) in [5, 5.41) is 0. The molecule has 1 heteroatoms. The lowest BCUT2D eigenvalue weighted by molar-refractivity contribution is -0.0427. The minimum atomic E-state index is 0.151. The van der Waals surface area contributed by atoms with Crippen LogP contribution in [0.25, 0.3) is 0 Å². The molecular weight excluding hydrogens is 340 g/mol. The fourth-order valence-corrected chi connectivity index (χ4v) is 8.92. The normalized spacial score (nSPS) is 50.3. The Hall–Kier alpha value is -0.300. The third kappa shape index (κ3) is 2.53. The van der Waals surface area contributed by atoms with Crippen molar-refractivity contribution >= 4 is 0 Å². The van der Waals surface area contributed by atoms with Crippen molar-refractivity contribution in [2.45, 2.75) is 117 Å². The van der Waals surface area contributed by atoms with Crippen LogP contribution in [-0.2, 0) is 4.74 Å². The second-order valence-electron chi connectivity index (χ2n) is 12.3. The van der Waals surface area contributed by atoms with E-state index in [0.717, 1.165) is 29.6 Å². The highest BCUT2D eigenvalue weighted by atomic mass is 16.6. The first kappa shape index (κ1) is 19.7. The Kier molecular flexibility index (Phi) is 4.63. The van der Waals surface area contributed by atoms with Gasteiger partial charge in [0.1, 0.15) is 5.60 Å². The Morgan fingerprint density at radius 1 is 1.07 bits per heavy atom. The summed E-state index contributed by atoms with van der Waals surface area (Å²) in [5.41, 5.74) is 2.91. The highest BCUT2D eigenvalue weighted by Crippen LogP contribution is 2.76. The maximum absolute atomic E-state index is 6.70. The number of ether oxygens (including phenoxy) is 1. The van der Waals surface area contributed by atoms with Crippen molar-refractivity contribution in [2.75, 3.05) is 0 Å². The van der Waals surface area contributed by atoms with Gasteiger partial charge in [-0.05, 0) is 79.1 Å². The van der Waals surface area contributed by atoms with E-state index in [1.165, 1.54) is 70.6 Å². The summed E-state index contributed by atoms with van der Waals surface area (Å²) in [6, 6.07) is 0. The maximum atomic E-state index is 6.70. The topological polar surface area (TPSA) is 12.5 Å². The second-order valence-corrected chi connectivity index (χ2v) is 12.3. The minimum Gasteiger partial charge on any atom is -0.361 e. The molecule has 0 N–H and O–H groups in total. The molecule has 0 unspecified atom stereocenters. The molecule has 8 atom stereocenters. The predicted molar refractivity (Wildman–Crippen MR) is 117 cm³/mol. The Balaban J connectivity index is 1.39. The van der Waals surface area contributed by atoms with Crippen molar-refractivity contribution in [2.24, 2.45) is 40.4 Å². The van der Waals surface area contributed by atoms with Crippen molar-refractivity contribution in [1.29, 1.82) is 0 Å². The van der Waals surface area contributed by atoms with Crippen LogP contribution in [0.4, 0.5) is 0 Å². The molecule has 0 aromatic heterocycles. The summed E-state index contributed by atoms with van der Waals surface area (Å²) in [4.78, 5) is 0. The second kappa shape index (κ2) is 6.60. The molecule has 1 heterocycles. The van der Waals surface area contributed by atoms with E-state index in [1.54, 1.807) is 5.57 Å². The molecule has 0 aromatic carbocycles. The summed E-state index contributed by atoms with van der Waals surface area (Å²) in [5.74, 6) is 4.34. The standard InChI is InChI=1S/C27H44O/c1-18(2)9-8-10-19(3)23-17-24-27(28-24)22-13-12-20-11-6-7-15-25(20,4)21(22)14-16-26(23,27)5/h13,18-21,23-24H,6-12,14-17H2,1-5H3/t19-,20-,21+,23-,24+,25+,26-,27+/m1/s1. The van der Waals surface area contributed by atoms with Gasteiger partial charge in [0.05, 0.1) is 6.10 Å². The molecule has 4 aliphatic carbocycles. The summed E-state index contributed by atoms with van der Waals surface area (Å²) >= 11 is 0. The van der Waals surface area contributed by atoms with Crippen LogP contribution < -0.4 is 0 Å². The molecule has 5 aliphatic rings. The largest absolute Gasteiger partial charge is 0.361 e. The highest BCUT2D eigenvalue weighted by Gasteiger charge is 2.79. The molecule has 1 nitrogen and oxygen atoms in total. The van der Waals surface area contributed by atoms with E-state index < -0.39 is 0 Å². The molecule has 5 rings (SSSR count). The zero-order chi connectivity index (χ0) is 19.7. The van der Waals surface area contributed by atoms with Gasteiger partial charge in [0.15, 0.2) is 0 Å². The zero-order valence-corrected chi connectivity index (χ0v) is 19.2. The number of fused-ring (bicyclic) bond motifs is 3. The molecule has 28 heavy (non-hydrogen) atoms. The molecule has 1 spiro atoms. The van der Waals surface area contributed by atoms with Gasteiger partial charge in [-0.3, -0.25) is 0 Å². The van der Waals surface area contributed by atoms with Gasteiger partial charge in [0, 0.05) is 5.41 Å². The van der Waals surface area contributed by atoms with E-state index in [9.17, 15) is 0 Å². The summed E-state index contributed by atoms with van der Waals surface area (Å²) in [6.07, 6.45) is 18.9. The number of hydrogen-bond acceptors (Lipinski definition) is 1. The van der Waals surface area contributed by atoms with Crippen LogP contribution >= 0.6 is 0 Å². The van der Waals surface area contributed by atoms with Gasteiger partial charge in [0.25, 0.3) is 0 Å². The van der Waals surface area contributed by atoms with Crippen molar-refractivity contribution in [3.63, 3.8) is 0 Å². The average Bonchev–Trinajstić information content (AvgIpc) is 3.31. The van der Waals surface area contributed by atoms with Gasteiger partial charge in [-0.25, -0.2) is 0 Å². The molecule has 0 aromatic rings. The third-order valence-electron chi connectivity index (χ3n) is 10.6. The van der Waals surface area contributed by atoms with Gasteiger partial charge < -0.3 is 4.74 Å². The first-order valence-corrected chi connectivity index (χ1v) is 12.7. The number of rotatable bonds is 5. The van der Waals surface area contributed by atoms with Gasteiger partial charge in [-0.2, -0.15) is 0 Å². The fraction of sp³-hybridized carbons (Fsp3) is 0.926. The van der Waals surface area contributed by atoms with Crippen LogP contribution in [0.3, 0.4) is 0 Å². The fourth-order valence-electron chi connectivity index (χ4n) is 8.92. The third-order valence-corrected chi connectivity index (χ3v) is 10.6. The lowest BCUT2D eigenvalue weighted by Crippen LogP contribution is -2.53. The Morgan fingerprint density at radius 3 is 2.68 bits per heavy atom. The minimum absolute atomic E-state index is 0.151. The predicted octanol–water partition coefficient (Wildman–Crippen LogP) is 7.55. The molecule has 0 radical (unpaired) electrons. The van der Waals surface area contributed by atoms with Crippen molar-refractivity contribution < 1.29 is 4.74 Å². The van der Waals surface area contributed by atoms with Crippen LogP contribution in [-0.4, -0.2) is 11.7 Å². The van der Waals surface area contributed by atoms with Crippen LogP contribution in [0.15, 0.2) is 11.6 Å². The summed E-state index contributed by atoms with van der Waals surface area (Å²) < 4.78 is 6.70. The molecule has 1 aliphatic heterocycles. The first-order chi connectivity index (χ1) is 13.3. The molecule has 158 valence electrons. The average molecular weight is 385 g/mol. The van der Waals surface area contributed by atoms with Crippen molar-refractivity contribution in [1.82, 2.24) is 0 Å². The van der Waals surface area contributed by atoms with Gasteiger partial charge in [-0.1, -0.05) is 72.8 Å². The first-order valence-electron chi connectivity index (χ1n) is 12.7. The van der Waals surface area contributed by atoms with E-state index in [1.807, 2.05) is 0 Å². The molecule has 3 saturated carbocycles. The van der Waals surface area contributed by atoms with E-state index in [4.69, 9.17) is 4.74 Å². The van der Waals surface area contributed by atoms with Crippen LogP contribution in [0.2, 0.25) is 0 Å². The molecule has 1 saturated heterocycles. The number of allylic oxidation sites excluding steroid dienone is 1. The maximum Gasteiger partial charge on any atom is 0.122 e. The van der Waals surface area contributed by atoms with Crippen LogP contribution in [0.1, 0.15) is 105 Å². The SMILES string of the molecule is CC(C)CCC[C@@H](C)[C@H]1C[C@@H]2O[C@@]23C2=CC[C@H]4CCCC[C@]4(C)[C@H]2CC[C@]13C. The number of epoxide rings is 1. The molecule has 0 amide bonds. The van der Waals surface area contributed by atoms with Crippen LogP contribution in [0, 0.1) is 40.4 Å². The molecule has 4 fully saturated rings. The summed E-state index contributed by atoms with van der Waals surface area (Å²) in [6.45, 7) is 12.6. The van der Waals surface area contributed by atoms with Crippen molar-refractivity contribution in [3.05, 3.63) is 11.6 Å². The summed E-state index contributed by atoms with van der Waals surface area (Å²) in [7, 11) is 0. The molecule has 0 bridgehead atoms. The van der Waals surface area contributed by atoms with Gasteiger partial charge in [-0.15, -0.1) is 0 Å². The smallest absolute Gasteiger partial charge is 0.122 e. The molecular formula is C27H44O. The lowest BCUT2D eigenvalue weighted by Gasteiger charge is -2.57. The van der Waals surface area contributed by atoms with E-state index in [0.29, 0.717) is 16.9 Å². The van der Waals surface area contributed by atoms with Crippen molar-refractivity contribution in [3.8, 4) is 0 Å². The number of hydrogen-bond donors (Lipinski definition) is 0. The Morgan fingerprint density at radius 2 is 1.89 bits per heavy atom. The quantitative estimate of drug-likeness (QED) is 0.352. The van der Waals surface area contributed by atoms with E-state index in [-0.39, 0.29) is 5.60 Å². The Labute approximate surface area is 174 Å². The lowest BCUT2D eigenvalue weighted by atomic mass is 9.47. The van der Waals surface area contributed by atoms with E-state index in [2.05, 4.69) is 40.7 Å². The highest BCUT2D eigenvalue weighted by molar-refractivity contribution is 5.43. The van der Waals surface area contributed by atoms with Crippen LogP contribution in [0.5, 0.6) is 0 Å². The monoisotopic (exact) mass is 384 g/mol. The van der Waals surface area contributed by atoms with Gasteiger partial charge in [0.2, 0.25) is 0 Å². The Bertz CT molecular complexity index is 649.